The van der Waals surface area contributed by atoms with Crippen molar-refractivity contribution >= 4 is 23.2 Å². The second-order valence-electron chi connectivity index (χ2n) is 5.80. The number of anilines is 2. The second kappa shape index (κ2) is 7.77. The Bertz CT molecular complexity index is 965. The van der Waals surface area contributed by atoms with Crippen LogP contribution in [0, 0.1) is 12.7 Å². The van der Waals surface area contributed by atoms with Gasteiger partial charge >= 0.3 is 0 Å². The standard InChI is InChI=1S/C19H18FN5O2/c1-3-17(26)22-14-6-8-15(9-7-14)23-19(27)18-21-12(2)25(24-18)16-10-4-13(20)5-11-16/h4-11H,3H2,1-2H3,(H,22,26)(H,23,27). The van der Waals surface area contributed by atoms with Gasteiger partial charge in [0.2, 0.25) is 11.7 Å². The molecule has 0 spiro atoms. The van der Waals surface area contributed by atoms with Crippen molar-refractivity contribution in [1.29, 1.82) is 0 Å². The monoisotopic (exact) mass is 367 g/mol. The van der Waals surface area contributed by atoms with Crippen LogP contribution >= 0.6 is 0 Å². The highest BCUT2D eigenvalue weighted by molar-refractivity contribution is 6.01. The van der Waals surface area contributed by atoms with Gasteiger partial charge < -0.3 is 10.6 Å². The number of nitrogens with one attached hydrogen (secondary N) is 2. The average molecular weight is 367 g/mol. The Kier molecular flexibility index (Phi) is 5.25. The molecule has 1 aromatic heterocycles. The molecule has 0 unspecified atom stereocenters. The highest BCUT2D eigenvalue weighted by Crippen LogP contribution is 2.15. The number of hydrogen-bond donors (Lipinski definition) is 2. The lowest BCUT2D eigenvalue weighted by Gasteiger charge is -2.06. The molecule has 0 aliphatic rings. The minimum absolute atomic E-state index is 0.000173. The van der Waals surface area contributed by atoms with Gasteiger partial charge in [-0.2, -0.15) is 0 Å². The smallest absolute Gasteiger partial charge is 0.295 e. The number of aryl methyl sites for hydroxylation is 1. The van der Waals surface area contributed by atoms with Gasteiger partial charge in [0.1, 0.15) is 11.6 Å². The lowest BCUT2D eigenvalue weighted by atomic mass is 10.2. The van der Waals surface area contributed by atoms with E-state index in [1.54, 1.807) is 50.2 Å². The first kappa shape index (κ1) is 18.2. The van der Waals surface area contributed by atoms with Crippen LogP contribution in [0.3, 0.4) is 0 Å². The molecule has 1 heterocycles. The van der Waals surface area contributed by atoms with Crippen LogP contribution in [0.2, 0.25) is 0 Å². The second-order valence-corrected chi connectivity index (χ2v) is 5.80. The molecule has 3 aromatic rings. The molecule has 3 rings (SSSR count). The van der Waals surface area contributed by atoms with E-state index in [2.05, 4.69) is 20.7 Å². The van der Waals surface area contributed by atoms with Crippen molar-refractivity contribution in [3.05, 3.63) is 66.0 Å². The van der Waals surface area contributed by atoms with Gasteiger partial charge in [0.25, 0.3) is 5.91 Å². The predicted molar refractivity (Wildman–Crippen MR) is 99.4 cm³/mol. The summed E-state index contributed by atoms with van der Waals surface area (Å²) in [4.78, 5) is 27.9. The third kappa shape index (κ3) is 4.35. The van der Waals surface area contributed by atoms with E-state index >= 15 is 0 Å². The van der Waals surface area contributed by atoms with Gasteiger partial charge in [-0.05, 0) is 55.5 Å². The van der Waals surface area contributed by atoms with Crippen molar-refractivity contribution < 1.29 is 14.0 Å². The maximum atomic E-state index is 13.1. The first-order valence-corrected chi connectivity index (χ1v) is 8.37. The van der Waals surface area contributed by atoms with Gasteiger partial charge in [0.15, 0.2) is 0 Å². The number of halogens is 1. The summed E-state index contributed by atoms with van der Waals surface area (Å²) in [5.74, 6) is -0.403. The fraction of sp³-hybridized carbons (Fsp3) is 0.158. The van der Waals surface area contributed by atoms with Crippen LogP contribution in [-0.4, -0.2) is 26.6 Å². The van der Waals surface area contributed by atoms with Gasteiger partial charge in [-0.1, -0.05) is 6.92 Å². The van der Waals surface area contributed by atoms with Crippen molar-refractivity contribution in [1.82, 2.24) is 14.8 Å². The summed E-state index contributed by atoms with van der Waals surface area (Å²) in [6.45, 7) is 3.47. The molecular formula is C19H18FN5O2. The van der Waals surface area contributed by atoms with Crippen LogP contribution in [-0.2, 0) is 4.79 Å². The van der Waals surface area contributed by atoms with Crippen LogP contribution in [0.25, 0.3) is 5.69 Å². The molecule has 138 valence electrons. The van der Waals surface area contributed by atoms with Gasteiger partial charge in [0.05, 0.1) is 5.69 Å². The molecule has 0 aliphatic carbocycles. The van der Waals surface area contributed by atoms with Crippen molar-refractivity contribution in [2.75, 3.05) is 10.6 Å². The first-order valence-electron chi connectivity index (χ1n) is 8.37. The highest BCUT2D eigenvalue weighted by atomic mass is 19.1. The lowest BCUT2D eigenvalue weighted by Crippen LogP contribution is -2.14. The van der Waals surface area contributed by atoms with Crippen LogP contribution in [0.4, 0.5) is 15.8 Å². The Balaban J connectivity index is 1.72. The van der Waals surface area contributed by atoms with Gasteiger partial charge in [-0.3, -0.25) is 9.59 Å². The Morgan fingerprint density at radius 3 is 2.19 bits per heavy atom. The number of benzene rings is 2. The molecule has 0 bridgehead atoms. The van der Waals surface area contributed by atoms with E-state index in [-0.39, 0.29) is 17.5 Å². The van der Waals surface area contributed by atoms with Crippen LogP contribution in [0.1, 0.15) is 29.8 Å². The number of hydrogen-bond acceptors (Lipinski definition) is 4. The number of rotatable bonds is 5. The largest absolute Gasteiger partial charge is 0.326 e. The molecule has 2 amide bonds. The number of aromatic nitrogens is 3. The third-order valence-corrected chi connectivity index (χ3v) is 3.79. The first-order chi connectivity index (χ1) is 13.0. The van der Waals surface area contributed by atoms with E-state index in [0.717, 1.165) is 0 Å². The normalized spacial score (nSPS) is 10.5. The summed E-state index contributed by atoms with van der Waals surface area (Å²) >= 11 is 0. The third-order valence-electron chi connectivity index (χ3n) is 3.79. The quantitative estimate of drug-likeness (QED) is 0.724. The summed E-state index contributed by atoms with van der Waals surface area (Å²) in [6.07, 6.45) is 0.389. The Morgan fingerprint density at radius 2 is 1.59 bits per heavy atom. The van der Waals surface area contributed by atoms with E-state index in [9.17, 15) is 14.0 Å². The molecule has 0 saturated heterocycles. The van der Waals surface area contributed by atoms with E-state index in [0.29, 0.717) is 29.3 Å². The molecule has 0 radical (unpaired) electrons. The fourth-order valence-corrected chi connectivity index (χ4v) is 2.39. The van der Waals surface area contributed by atoms with Crippen molar-refractivity contribution in [3.8, 4) is 5.69 Å². The summed E-state index contributed by atoms with van der Waals surface area (Å²) in [5, 5.41) is 9.62. The van der Waals surface area contributed by atoms with Crippen molar-refractivity contribution in [2.24, 2.45) is 0 Å². The van der Waals surface area contributed by atoms with E-state index in [4.69, 9.17) is 0 Å². The number of amides is 2. The van der Waals surface area contributed by atoms with Crippen LogP contribution in [0.5, 0.6) is 0 Å². The molecule has 0 saturated carbocycles. The van der Waals surface area contributed by atoms with E-state index in [1.807, 2.05) is 0 Å². The minimum atomic E-state index is -0.468. The lowest BCUT2D eigenvalue weighted by molar-refractivity contribution is -0.115. The zero-order valence-corrected chi connectivity index (χ0v) is 14.9. The Morgan fingerprint density at radius 1 is 1.00 bits per heavy atom. The van der Waals surface area contributed by atoms with Crippen molar-refractivity contribution in [2.45, 2.75) is 20.3 Å². The predicted octanol–water partition coefficient (Wildman–Crippen LogP) is 3.32. The van der Waals surface area contributed by atoms with Gasteiger partial charge in [-0.25, -0.2) is 14.1 Å². The van der Waals surface area contributed by atoms with Crippen LogP contribution in [0.15, 0.2) is 48.5 Å². The van der Waals surface area contributed by atoms with Crippen LogP contribution < -0.4 is 10.6 Å². The zero-order valence-electron chi connectivity index (χ0n) is 14.9. The maximum Gasteiger partial charge on any atom is 0.295 e. The molecule has 7 nitrogen and oxygen atoms in total. The maximum absolute atomic E-state index is 13.1. The van der Waals surface area contributed by atoms with Gasteiger partial charge in [0, 0.05) is 17.8 Å². The molecule has 2 aromatic carbocycles. The molecular weight excluding hydrogens is 349 g/mol. The average Bonchev–Trinajstić information content (AvgIpc) is 3.06. The van der Waals surface area contributed by atoms with E-state index < -0.39 is 5.91 Å². The molecule has 2 N–H and O–H groups in total. The van der Waals surface area contributed by atoms with E-state index in [1.165, 1.54) is 16.8 Å². The molecule has 8 heteroatoms. The summed E-state index contributed by atoms with van der Waals surface area (Å²) in [7, 11) is 0. The fourth-order valence-electron chi connectivity index (χ4n) is 2.39. The van der Waals surface area contributed by atoms with Gasteiger partial charge in [-0.15, -0.1) is 5.10 Å². The number of carbonyl (C=O) groups excluding carboxylic acids is 2. The topological polar surface area (TPSA) is 88.9 Å². The summed E-state index contributed by atoms with van der Waals surface area (Å²) < 4.78 is 14.5. The molecule has 27 heavy (non-hydrogen) atoms. The minimum Gasteiger partial charge on any atom is -0.326 e. The molecule has 0 fully saturated rings. The molecule has 0 atom stereocenters. The SMILES string of the molecule is CCC(=O)Nc1ccc(NC(=O)c2nc(C)n(-c3ccc(F)cc3)n2)cc1. The Hall–Kier alpha value is -3.55. The number of carbonyl (C=O) groups is 2. The number of nitrogens with zero attached hydrogens (tertiary/aromatic N) is 3. The highest BCUT2D eigenvalue weighted by Gasteiger charge is 2.15. The zero-order chi connectivity index (χ0) is 19.4. The van der Waals surface area contributed by atoms with Crippen molar-refractivity contribution in [3.63, 3.8) is 0 Å². The summed E-state index contributed by atoms with van der Waals surface area (Å²) in [6, 6.07) is 12.5. The Labute approximate surface area is 155 Å². The molecule has 0 aliphatic heterocycles. The summed E-state index contributed by atoms with van der Waals surface area (Å²) in [5.41, 5.74) is 1.80.